The standard InChI is InChI=1S/C16H24O5/c1-4-7-13(20-15(18)11(2)3)16(19)21-14(17)10-12-8-5-6-9-12/h12-13H,2,4-10H2,1,3H3. The van der Waals surface area contributed by atoms with Gasteiger partial charge in [0.15, 0.2) is 6.10 Å². The second kappa shape index (κ2) is 8.60. The zero-order valence-electron chi connectivity index (χ0n) is 12.9. The van der Waals surface area contributed by atoms with Crippen molar-refractivity contribution >= 4 is 17.9 Å². The van der Waals surface area contributed by atoms with E-state index in [0.717, 1.165) is 25.7 Å². The molecule has 0 bridgehead atoms. The highest BCUT2D eigenvalue weighted by Gasteiger charge is 2.27. The van der Waals surface area contributed by atoms with E-state index in [1.165, 1.54) is 6.92 Å². The van der Waals surface area contributed by atoms with Gasteiger partial charge < -0.3 is 9.47 Å². The molecule has 1 fully saturated rings. The van der Waals surface area contributed by atoms with Crippen LogP contribution < -0.4 is 0 Å². The fourth-order valence-electron chi connectivity index (χ4n) is 2.39. The van der Waals surface area contributed by atoms with Crippen molar-refractivity contribution in [1.29, 1.82) is 0 Å². The van der Waals surface area contributed by atoms with Gasteiger partial charge in [0.25, 0.3) is 0 Å². The average molecular weight is 296 g/mol. The van der Waals surface area contributed by atoms with Gasteiger partial charge in [0, 0.05) is 12.0 Å². The molecule has 21 heavy (non-hydrogen) atoms. The summed E-state index contributed by atoms with van der Waals surface area (Å²) in [6.07, 6.45) is 4.46. The average Bonchev–Trinajstić information content (AvgIpc) is 2.90. The predicted octanol–water partition coefficient (Wildman–Crippen LogP) is 2.92. The summed E-state index contributed by atoms with van der Waals surface area (Å²) in [5.74, 6) is -1.64. The smallest absolute Gasteiger partial charge is 0.355 e. The summed E-state index contributed by atoms with van der Waals surface area (Å²) in [7, 11) is 0. The number of esters is 3. The molecule has 1 saturated carbocycles. The third-order valence-corrected chi connectivity index (χ3v) is 3.56. The van der Waals surface area contributed by atoms with Crippen LogP contribution >= 0.6 is 0 Å². The van der Waals surface area contributed by atoms with Crippen molar-refractivity contribution in [3.8, 4) is 0 Å². The zero-order valence-corrected chi connectivity index (χ0v) is 12.9. The topological polar surface area (TPSA) is 69.7 Å². The monoisotopic (exact) mass is 296 g/mol. The Morgan fingerprint density at radius 2 is 1.86 bits per heavy atom. The van der Waals surface area contributed by atoms with Crippen LogP contribution in [0.4, 0.5) is 0 Å². The molecule has 1 unspecified atom stereocenters. The van der Waals surface area contributed by atoms with Crippen LogP contribution in [0.3, 0.4) is 0 Å². The normalized spacial score (nSPS) is 16.3. The maximum absolute atomic E-state index is 11.9. The van der Waals surface area contributed by atoms with E-state index in [-0.39, 0.29) is 12.0 Å². The molecule has 0 aromatic heterocycles. The predicted molar refractivity (Wildman–Crippen MR) is 77.3 cm³/mol. The summed E-state index contributed by atoms with van der Waals surface area (Å²) >= 11 is 0. The molecule has 1 aliphatic carbocycles. The Hall–Kier alpha value is -1.65. The highest BCUT2D eigenvalue weighted by atomic mass is 16.6. The van der Waals surface area contributed by atoms with Crippen LogP contribution in [0, 0.1) is 5.92 Å². The van der Waals surface area contributed by atoms with Gasteiger partial charge in [-0.1, -0.05) is 32.8 Å². The van der Waals surface area contributed by atoms with Crippen molar-refractivity contribution in [1.82, 2.24) is 0 Å². The van der Waals surface area contributed by atoms with Crippen molar-refractivity contribution in [3.63, 3.8) is 0 Å². The molecule has 0 radical (unpaired) electrons. The molecule has 0 aromatic rings. The van der Waals surface area contributed by atoms with E-state index >= 15 is 0 Å². The van der Waals surface area contributed by atoms with Crippen LogP contribution in [-0.4, -0.2) is 24.0 Å². The minimum atomic E-state index is -1.04. The molecular weight excluding hydrogens is 272 g/mol. The summed E-state index contributed by atoms with van der Waals surface area (Å²) < 4.78 is 9.84. The van der Waals surface area contributed by atoms with Gasteiger partial charge in [-0.2, -0.15) is 0 Å². The number of carbonyl (C=O) groups excluding carboxylic acids is 3. The molecule has 5 heteroatoms. The second-order valence-corrected chi connectivity index (χ2v) is 5.61. The molecular formula is C16H24O5. The second-order valence-electron chi connectivity index (χ2n) is 5.61. The third-order valence-electron chi connectivity index (χ3n) is 3.56. The molecule has 0 spiro atoms. The third kappa shape index (κ3) is 6.10. The fourth-order valence-corrected chi connectivity index (χ4v) is 2.39. The Labute approximate surface area is 125 Å². The van der Waals surface area contributed by atoms with Crippen LogP contribution in [0.25, 0.3) is 0 Å². The Kier molecular flexibility index (Phi) is 7.12. The molecule has 0 aliphatic heterocycles. The first-order valence-electron chi connectivity index (χ1n) is 7.55. The quantitative estimate of drug-likeness (QED) is 0.410. The molecule has 0 N–H and O–H groups in total. The highest BCUT2D eigenvalue weighted by Crippen LogP contribution is 2.27. The molecule has 0 amide bonds. The lowest BCUT2D eigenvalue weighted by Crippen LogP contribution is -2.31. The van der Waals surface area contributed by atoms with Crippen LogP contribution in [0.1, 0.15) is 58.8 Å². The van der Waals surface area contributed by atoms with Crippen molar-refractivity contribution in [2.24, 2.45) is 5.92 Å². The Bertz CT molecular complexity index is 407. The Morgan fingerprint density at radius 1 is 1.24 bits per heavy atom. The van der Waals surface area contributed by atoms with Crippen LogP contribution in [-0.2, 0) is 23.9 Å². The maximum Gasteiger partial charge on any atom is 0.355 e. The minimum absolute atomic E-state index is 0.209. The number of carbonyl (C=O) groups is 3. The summed E-state index contributed by atoms with van der Waals surface area (Å²) in [4.78, 5) is 35.1. The highest BCUT2D eigenvalue weighted by molar-refractivity contribution is 5.92. The molecule has 0 aromatic carbocycles. The molecule has 0 heterocycles. The molecule has 1 atom stereocenters. The van der Waals surface area contributed by atoms with Crippen molar-refractivity contribution in [3.05, 3.63) is 12.2 Å². The van der Waals surface area contributed by atoms with E-state index in [0.29, 0.717) is 18.8 Å². The maximum atomic E-state index is 11.9. The lowest BCUT2D eigenvalue weighted by molar-refractivity contribution is -0.173. The van der Waals surface area contributed by atoms with E-state index in [9.17, 15) is 14.4 Å². The SMILES string of the molecule is C=C(C)C(=O)OC(CCC)C(=O)OC(=O)CC1CCCC1. The van der Waals surface area contributed by atoms with E-state index in [1.54, 1.807) is 0 Å². The van der Waals surface area contributed by atoms with Gasteiger partial charge in [-0.25, -0.2) is 9.59 Å². The minimum Gasteiger partial charge on any atom is -0.447 e. The van der Waals surface area contributed by atoms with Gasteiger partial charge in [-0.05, 0) is 32.1 Å². The summed E-state index contributed by atoms with van der Waals surface area (Å²) in [5, 5.41) is 0. The lowest BCUT2D eigenvalue weighted by atomic mass is 10.0. The number of hydrogen-bond donors (Lipinski definition) is 0. The number of rotatable bonds is 7. The number of hydrogen-bond acceptors (Lipinski definition) is 5. The van der Waals surface area contributed by atoms with E-state index in [2.05, 4.69) is 6.58 Å². The van der Waals surface area contributed by atoms with Crippen molar-refractivity contribution in [2.75, 3.05) is 0 Å². The summed E-state index contributed by atoms with van der Waals surface area (Å²) in [5.41, 5.74) is 0.209. The molecule has 118 valence electrons. The fraction of sp³-hybridized carbons (Fsp3) is 0.688. The van der Waals surface area contributed by atoms with E-state index in [1.807, 2.05) is 6.92 Å². The van der Waals surface area contributed by atoms with Gasteiger partial charge >= 0.3 is 17.9 Å². The van der Waals surface area contributed by atoms with Crippen molar-refractivity contribution in [2.45, 2.75) is 64.9 Å². The molecule has 0 saturated heterocycles. The van der Waals surface area contributed by atoms with Gasteiger partial charge in [0.1, 0.15) is 0 Å². The van der Waals surface area contributed by atoms with Crippen LogP contribution in [0.15, 0.2) is 12.2 Å². The molecule has 1 rings (SSSR count). The zero-order chi connectivity index (χ0) is 15.8. The molecule has 5 nitrogen and oxygen atoms in total. The van der Waals surface area contributed by atoms with Gasteiger partial charge in [0.2, 0.25) is 0 Å². The van der Waals surface area contributed by atoms with E-state index < -0.39 is 24.0 Å². The van der Waals surface area contributed by atoms with Crippen molar-refractivity contribution < 1.29 is 23.9 Å². The van der Waals surface area contributed by atoms with Gasteiger partial charge in [0.05, 0.1) is 0 Å². The number of ether oxygens (including phenoxy) is 2. The first kappa shape index (κ1) is 17.4. The van der Waals surface area contributed by atoms with Gasteiger partial charge in [-0.3, -0.25) is 4.79 Å². The van der Waals surface area contributed by atoms with E-state index in [4.69, 9.17) is 9.47 Å². The molecule has 1 aliphatic rings. The summed E-state index contributed by atoms with van der Waals surface area (Å²) in [6, 6.07) is 0. The lowest BCUT2D eigenvalue weighted by Gasteiger charge is -2.16. The first-order chi connectivity index (χ1) is 9.93. The Balaban J connectivity index is 2.49. The Morgan fingerprint density at radius 3 is 2.38 bits per heavy atom. The first-order valence-corrected chi connectivity index (χ1v) is 7.55. The summed E-state index contributed by atoms with van der Waals surface area (Å²) in [6.45, 7) is 6.82. The van der Waals surface area contributed by atoms with Gasteiger partial charge in [-0.15, -0.1) is 0 Å². The largest absolute Gasteiger partial charge is 0.447 e. The van der Waals surface area contributed by atoms with Crippen LogP contribution in [0.5, 0.6) is 0 Å². The van der Waals surface area contributed by atoms with Crippen LogP contribution in [0.2, 0.25) is 0 Å².